The molecule has 0 bridgehead atoms. The van der Waals surface area contributed by atoms with Crippen molar-refractivity contribution in [2.45, 2.75) is 38.3 Å². The van der Waals surface area contributed by atoms with Gasteiger partial charge in [0.15, 0.2) is 0 Å². The molecule has 1 aliphatic rings. The van der Waals surface area contributed by atoms with E-state index < -0.39 is 5.97 Å². The summed E-state index contributed by atoms with van der Waals surface area (Å²) in [5.41, 5.74) is 1.22. The van der Waals surface area contributed by atoms with E-state index in [0.717, 1.165) is 18.4 Å². The van der Waals surface area contributed by atoms with Gasteiger partial charge in [0, 0.05) is 6.61 Å². The van der Waals surface area contributed by atoms with Gasteiger partial charge in [-0.15, -0.1) is 5.10 Å². The number of rotatable bonds is 2. The number of hydrogen-bond acceptors (Lipinski definition) is 4. The van der Waals surface area contributed by atoms with E-state index in [2.05, 4.69) is 24.2 Å². The fourth-order valence-electron chi connectivity index (χ4n) is 2.81. The number of carbonyl (C=O) groups is 1. The lowest BCUT2D eigenvalue weighted by molar-refractivity contribution is -0.0703. The van der Waals surface area contributed by atoms with Crippen LogP contribution in [-0.4, -0.2) is 38.3 Å². The van der Waals surface area contributed by atoms with E-state index in [9.17, 15) is 9.90 Å². The molecule has 106 valence electrons. The molecule has 0 saturated carbocycles. The quantitative estimate of drug-likeness (QED) is 0.909. The van der Waals surface area contributed by atoms with Crippen LogP contribution in [0.4, 0.5) is 0 Å². The van der Waals surface area contributed by atoms with Gasteiger partial charge >= 0.3 is 5.97 Å². The van der Waals surface area contributed by atoms with E-state index in [1.54, 1.807) is 12.1 Å². The first-order chi connectivity index (χ1) is 9.48. The second-order valence-electron chi connectivity index (χ2n) is 5.77. The molecule has 0 amide bonds. The van der Waals surface area contributed by atoms with Gasteiger partial charge in [0.2, 0.25) is 0 Å². The minimum Gasteiger partial charge on any atom is -0.478 e. The first kappa shape index (κ1) is 13.1. The van der Waals surface area contributed by atoms with Crippen molar-refractivity contribution in [1.29, 1.82) is 0 Å². The van der Waals surface area contributed by atoms with Crippen molar-refractivity contribution >= 4 is 17.0 Å². The molecular weight excluding hydrogens is 258 g/mol. The summed E-state index contributed by atoms with van der Waals surface area (Å²) < 4.78 is 7.55. The fraction of sp³-hybridized carbons (Fsp3) is 0.500. The van der Waals surface area contributed by atoms with Crippen LogP contribution in [0.5, 0.6) is 0 Å². The molecule has 20 heavy (non-hydrogen) atoms. The molecule has 3 rings (SSSR count). The number of carboxylic acids is 1. The molecule has 1 saturated heterocycles. The molecule has 1 fully saturated rings. The average Bonchev–Trinajstić information content (AvgIpc) is 2.80. The van der Waals surface area contributed by atoms with Gasteiger partial charge in [-0.1, -0.05) is 11.3 Å². The predicted octanol–water partition coefficient (Wildman–Crippen LogP) is 2.26. The zero-order chi connectivity index (χ0) is 14.3. The van der Waals surface area contributed by atoms with Gasteiger partial charge in [-0.3, -0.25) is 0 Å². The van der Waals surface area contributed by atoms with Crippen LogP contribution in [-0.2, 0) is 4.74 Å². The van der Waals surface area contributed by atoms with Gasteiger partial charge in [-0.25, -0.2) is 9.48 Å². The summed E-state index contributed by atoms with van der Waals surface area (Å²) in [6.07, 6.45) is 1.70. The fourth-order valence-corrected chi connectivity index (χ4v) is 2.81. The predicted molar refractivity (Wildman–Crippen MR) is 72.8 cm³/mol. The number of ether oxygens (including phenoxy) is 1. The number of benzene rings is 1. The summed E-state index contributed by atoms with van der Waals surface area (Å²) in [6.45, 7) is 4.79. The molecule has 0 aliphatic carbocycles. The summed E-state index contributed by atoms with van der Waals surface area (Å²) in [5.74, 6) is -0.977. The molecule has 0 radical (unpaired) electrons. The van der Waals surface area contributed by atoms with E-state index in [1.165, 1.54) is 0 Å². The van der Waals surface area contributed by atoms with Crippen LogP contribution in [0.2, 0.25) is 0 Å². The van der Waals surface area contributed by atoms with Gasteiger partial charge < -0.3 is 9.84 Å². The monoisotopic (exact) mass is 275 g/mol. The van der Waals surface area contributed by atoms with E-state index in [4.69, 9.17) is 4.74 Å². The van der Waals surface area contributed by atoms with Crippen LogP contribution in [0.3, 0.4) is 0 Å². The third-order valence-electron chi connectivity index (χ3n) is 3.75. The average molecular weight is 275 g/mol. The Hall–Kier alpha value is -1.95. The third kappa shape index (κ3) is 2.16. The molecule has 1 unspecified atom stereocenters. The lowest BCUT2D eigenvalue weighted by Crippen LogP contribution is -2.35. The van der Waals surface area contributed by atoms with Gasteiger partial charge in [-0.2, -0.15) is 0 Å². The smallest absolute Gasteiger partial charge is 0.338 e. The van der Waals surface area contributed by atoms with Gasteiger partial charge in [0.05, 0.1) is 22.7 Å². The summed E-state index contributed by atoms with van der Waals surface area (Å²) in [7, 11) is 0. The lowest BCUT2D eigenvalue weighted by Gasteiger charge is -2.35. The number of aromatic nitrogens is 3. The van der Waals surface area contributed by atoms with E-state index in [0.29, 0.717) is 12.1 Å². The Balaban J connectivity index is 2.05. The second kappa shape index (κ2) is 4.56. The van der Waals surface area contributed by atoms with E-state index in [-0.39, 0.29) is 17.2 Å². The van der Waals surface area contributed by atoms with Gasteiger partial charge in [0.1, 0.15) is 5.52 Å². The van der Waals surface area contributed by atoms with Crippen molar-refractivity contribution in [3.63, 3.8) is 0 Å². The minimum absolute atomic E-state index is 0.188. The van der Waals surface area contributed by atoms with Gasteiger partial charge in [0.25, 0.3) is 0 Å². The van der Waals surface area contributed by atoms with E-state index >= 15 is 0 Å². The normalized spacial score (nSPS) is 22.0. The number of hydrogen-bond donors (Lipinski definition) is 1. The molecule has 2 heterocycles. The van der Waals surface area contributed by atoms with Crippen molar-refractivity contribution < 1.29 is 14.6 Å². The Kier molecular flexibility index (Phi) is 2.97. The molecule has 6 heteroatoms. The highest BCUT2D eigenvalue weighted by atomic mass is 16.5. The minimum atomic E-state index is -0.977. The van der Waals surface area contributed by atoms with Crippen LogP contribution in [0.25, 0.3) is 11.0 Å². The number of carboxylic acid groups (broad SMARTS) is 1. The Morgan fingerprint density at radius 2 is 2.30 bits per heavy atom. The SMILES string of the molecule is CC1(C)CC(n2nnc3c(C(=O)O)cccc32)CCO1. The van der Waals surface area contributed by atoms with Crippen molar-refractivity contribution in [3.05, 3.63) is 23.8 Å². The lowest BCUT2D eigenvalue weighted by atomic mass is 9.94. The van der Waals surface area contributed by atoms with Crippen LogP contribution >= 0.6 is 0 Å². The topological polar surface area (TPSA) is 77.2 Å². The standard InChI is InChI=1S/C14H17N3O3/c1-14(2)8-9(6-7-20-14)17-11-5-3-4-10(13(18)19)12(11)15-16-17/h3-5,9H,6-8H2,1-2H3,(H,18,19). The number of aromatic carboxylic acids is 1. The maximum Gasteiger partial charge on any atom is 0.338 e. The maximum absolute atomic E-state index is 11.2. The summed E-state index contributed by atoms with van der Waals surface area (Å²) in [4.78, 5) is 11.2. The van der Waals surface area contributed by atoms with Crippen LogP contribution in [0.15, 0.2) is 18.2 Å². The van der Waals surface area contributed by atoms with Crippen molar-refractivity contribution in [3.8, 4) is 0 Å². The highest BCUT2D eigenvalue weighted by Crippen LogP contribution is 2.33. The van der Waals surface area contributed by atoms with Crippen molar-refractivity contribution in [2.75, 3.05) is 6.61 Å². The number of fused-ring (bicyclic) bond motifs is 1. The first-order valence-electron chi connectivity index (χ1n) is 6.69. The summed E-state index contributed by atoms with van der Waals surface area (Å²) in [6, 6.07) is 5.34. The largest absolute Gasteiger partial charge is 0.478 e. The van der Waals surface area contributed by atoms with Gasteiger partial charge in [-0.05, 0) is 38.8 Å². The third-order valence-corrected chi connectivity index (χ3v) is 3.75. The van der Waals surface area contributed by atoms with Crippen LogP contribution in [0.1, 0.15) is 43.1 Å². The Labute approximate surface area is 116 Å². The van der Waals surface area contributed by atoms with Crippen molar-refractivity contribution in [1.82, 2.24) is 15.0 Å². The first-order valence-corrected chi connectivity index (χ1v) is 6.69. The number of nitrogens with zero attached hydrogens (tertiary/aromatic N) is 3. The molecule has 1 N–H and O–H groups in total. The van der Waals surface area contributed by atoms with Crippen LogP contribution < -0.4 is 0 Å². The zero-order valence-electron chi connectivity index (χ0n) is 11.5. The molecule has 1 atom stereocenters. The van der Waals surface area contributed by atoms with Crippen LogP contribution in [0, 0.1) is 0 Å². The highest BCUT2D eigenvalue weighted by molar-refractivity contribution is 6.00. The summed E-state index contributed by atoms with van der Waals surface area (Å²) in [5, 5.41) is 17.4. The second-order valence-corrected chi connectivity index (χ2v) is 5.77. The Morgan fingerprint density at radius 3 is 3.00 bits per heavy atom. The molecule has 0 spiro atoms. The maximum atomic E-state index is 11.2. The Morgan fingerprint density at radius 1 is 1.50 bits per heavy atom. The van der Waals surface area contributed by atoms with E-state index in [1.807, 2.05) is 10.7 Å². The van der Waals surface area contributed by atoms with Crippen molar-refractivity contribution in [2.24, 2.45) is 0 Å². The summed E-state index contributed by atoms with van der Waals surface area (Å²) >= 11 is 0. The molecule has 6 nitrogen and oxygen atoms in total. The Bertz CT molecular complexity index is 663. The molecule has 1 aromatic carbocycles. The molecular formula is C14H17N3O3. The molecule has 2 aromatic rings. The highest BCUT2D eigenvalue weighted by Gasteiger charge is 2.31. The molecule has 1 aliphatic heterocycles. The molecule has 1 aromatic heterocycles. The zero-order valence-corrected chi connectivity index (χ0v) is 11.5.